The number of aryl methyl sites for hydroxylation is 1. The number of pyridine rings is 1. The Kier molecular flexibility index (Phi) is 10.6. The summed E-state index contributed by atoms with van der Waals surface area (Å²) in [6.45, 7) is 12.9. The third-order valence-corrected chi connectivity index (χ3v) is 13.8. The highest BCUT2D eigenvalue weighted by Gasteiger charge is 2.40. The number of nitrogens with zero attached hydrogens (tertiary/aromatic N) is 2. The molecule has 2 atom stereocenters. The number of alkyl halides is 3. The molecular weight excluding hydrogens is 654 g/mol. The summed E-state index contributed by atoms with van der Waals surface area (Å²) in [5, 5.41) is 1.60. The predicted octanol–water partition coefficient (Wildman–Crippen LogP) is 8.64. The number of carbonyl (C=O) groups is 2. The maximum atomic E-state index is 13.6. The van der Waals surface area contributed by atoms with Crippen LogP contribution in [0, 0.1) is 12.9 Å². The number of rotatable bonds is 8. The number of benzene rings is 2. The molecule has 1 N–H and O–H groups in total. The monoisotopic (exact) mass is 687 g/mol. The zero-order chi connectivity index (χ0) is 34.1. The quantitative estimate of drug-likeness (QED) is 0.144. The number of aromatic nitrogens is 1. The lowest BCUT2D eigenvalue weighted by Gasteiger charge is -2.37. The number of halogens is 5. The van der Waals surface area contributed by atoms with Crippen molar-refractivity contribution < 1.29 is 40.5 Å². The Labute approximate surface area is 265 Å². The molecule has 0 unspecified atom stereocenters. The van der Waals surface area contributed by atoms with Gasteiger partial charge in [-0.1, -0.05) is 38.4 Å². The molecule has 3 rings (SSSR count). The molecule has 0 bridgehead atoms. The first kappa shape index (κ1) is 36.1. The van der Waals surface area contributed by atoms with Crippen LogP contribution in [0.15, 0.2) is 57.8 Å². The van der Waals surface area contributed by atoms with Gasteiger partial charge in [0.1, 0.15) is 17.6 Å². The molecule has 0 saturated heterocycles. The van der Waals surface area contributed by atoms with Gasteiger partial charge in [-0.05, 0) is 74.4 Å². The fraction of sp³-hybridized carbons (Fsp3) is 0.367. The second-order valence-electron chi connectivity index (χ2n) is 11.9. The number of ether oxygens (including phenoxy) is 1. The Morgan fingerprint density at radius 2 is 1.71 bits per heavy atom. The van der Waals surface area contributed by atoms with E-state index < -0.39 is 64.4 Å². The average Bonchev–Trinajstić information content (AvgIpc) is 2.89. The van der Waals surface area contributed by atoms with Crippen LogP contribution in [-0.4, -0.2) is 41.7 Å². The van der Waals surface area contributed by atoms with E-state index in [1.54, 1.807) is 6.92 Å². The van der Waals surface area contributed by atoms with Crippen LogP contribution >= 0.6 is 11.6 Å². The van der Waals surface area contributed by atoms with Gasteiger partial charge in [0.2, 0.25) is 5.95 Å². The summed E-state index contributed by atoms with van der Waals surface area (Å²) in [7, 11) is -5.63. The van der Waals surface area contributed by atoms with Gasteiger partial charge in [-0.3, -0.25) is 9.59 Å². The molecule has 1 aromatic heterocycles. The fourth-order valence-corrected chi connectivity index (χ4v) is 6.64. The minimum Gasteiger partial charge on any atom is -0.455 e. The highest BCUT2D eigenvalue weighted by molar-refractivity contribution is 7.93. The Balaban J connectivity index is 1.95. The SMILES string of the molecule is Cc1nc(F)ccc1Oc1cc(C(F)(F)F)c(Cl)cc1C(=O)Nc1cccc([S@@](C)(=O)=NC(=O)[C@@H](C)O[Si](C)(C)C(C)(C)C)c1. The molecule has 3 aromatic rings. The normalized spacial score (nSPS) is 14.3. The highest BCUT2D eigenvalue weighted by Crippen LogP contribution is 2.41. The predicted molar refractivity (Wildman–Crippen MR) is 167 cm³/mol. The molecule has 2 amide bonds. The van der Waals surface area contributed by atoms with E-state index in [1.807, 2.05) is 33.9 Å². The minimum atomic E-state index is -4.87. The second kappa shape index (κ2) is 13.2. The fourth-order valence-electron chi connectivity index (χ4n) is 3.75. The van der Waals surface area contributed by atoms with Crippen LogP contribution in [0.2, 0.25) is 23.2 Å². The molecule has 0 spiro atoms. The van der Waals surface area contributed by atoms with Crippen molar-refractivity contribution in [3.05, 3.63) is 76.3 Å². The molecule has 15 heteroatoms. The van der Waals surface area contributed by atoms with Crippen molar-refractivity contribution in [1.82, 2.24) is 4.98 Å². The Bertz CT molecular complexity index is 1750. The highest BCUT2D eigenvalue weighted by atomic mass is 35.5. The molecule has 0 aliphatic carbocycles. The second-order valence-corrected chi connectivity index (χ2v) is 19.3. The summed E-state index contributed by atoms with van der Waals surface area (Å²) in [5.41, 5.74) is -1.51. The summed E-state index contributed by atoms with van der Waals surface area (Å²) < 4.78 is 83.6. The van der Waals surface area contributed by atoms with Gasteiger partial charge in [-0.15, -0.1) is 0 Å². The van der Waals surface area contributed by atoms with Gasteiger partial charge in [0, 0.05) is 16.8 Å². The molecular formula is C30H34ClF4N3O5SSi. The Morgan fingerprint density at radius 1 is 1.07 bits per heavy atom. The van der Waals surface area contributed by atoms with E-state index in [0.717, 1.165) is 18.2 Å². The summed E-state index contributed by atoms with van der Waals surface area (Å²) in [6.07, 6.45) is -4.53. The molecule has 244 valence electrons. The van der Waals surface area contributed by atoms with Gasteiger partial charge in [-0.25, -0.2) is 9.19 Å². The number of hydrogen-bond acceptors (Lipinski definition) is 6. The lowest BCUT2D eigenvalue weighted by molar-refractivity contribution is -0.137. The zero-order valence-corrected chi connectivity index (χ0v) is 28.5. The number of amides is 2. The smallest absolute Gasteiger partial charge is 0.417 e. The standard InChI is InChI=1S/C30H34ClF4N3O5SSi/c1-17-24(12-13-26(32)36-17)42-25-16-22(30(33,34)35)23(31)15-21(25)28(40)37-19-10-9-11-20(14-19)44(6,41)38-27(39)18(2)43-45(7,8)29(3,4)5/h9-16,18H,1-8H3,(H,37,40)/t18-,44-/m1/s1. The van der Waals surface area contributed by atoms with Gasteiger partial charge in [0.15, 0.2) is 8.32 Å². The first-order valence-electron chi connectivity index (χ1n) is 13.6. The van der Waals surface area contributed by atoms with Gasteiger partial charge in [0.05, 0.1) is 31.6 Å². The molecule has 0 aliphatic rings. The summed E-state index contributed by atoms with van der Waals surface area (Å²) in [5.74, 6) is -3.06. The number of hydrogen-bond donors (Lipinski definition) is 1. The maximum Gasteiger partial charge on any atom is 0.417 e. The molecule has 1 heterocycles. The summed E-state index contributed by atoms with van der Waals surface area (Å²) >= 11 is 5.90. The lowest BCUT2D eigenvalue weighted by atomic mass is 10.1. The van der Waals surface area contributed by atoms with Gasteiger partial charge < -0.3 is 14.5 Å². The van der Waals surface area contributed by atoms with Crippen LogP contribution in [0.25, 0.3) is 0 Å². The molecule has 0 aliphatic heterocycles. The number of carbonyl (C=O) groups excluding carboxylic acids is 2. The van der Waals surface area contributed by atoms with Crippen LogP contribution in [-0.2, 0) is 25.1 Å². The largest absolute Gasteiger partial charge is 0.455 e. The average molecular weight is 688 g/mol. The lowest BCUT2D eigenvalue weighted by Crippen LogP contribution is -2.45. The molecule has 8 nitrogen and oxygen atoms in total. The molecule has 2 aromatic carbocycles. The van der Waals surface area contributed by atoms with Crippen LogP contribution < -0.4 is 10.1 Å². The van der Waals surface area contributed by atoms with Crippen molar-refractivity contribution in [3.63, 3.8) is 0 Å². The molecule has 45 heavy (non-hydrogen) atoms. The van der Waals surface area contributed by atoms with Crippen molar-refractivity contribution >= 4 is 47.1 Å². The van der Waals surface area contributed by atoms with Crippen LogP contribution in [0.3, 0.4) is 0 Å². The van der Waals surface area contributed by atoms with E-state index in [9.17, 15) is 31.4 Å². The van der Waals surface area contributed by atoms with E-state index in [-0.39, 0.29) is 32.6 Å². The van der Waals surface area contributed by atoms with E-state index in [0.29, 0.717) is 6.07 Å². The first-order chi connectivity index (χ1) is 20.5. The molecule has 0 fully saturated rings. The van der Waals surface area contributed by atoms with Crippen molar-refractivity contribution in [2.75, 3.05) is 11.6 Å². The summed E-state index contributed by atoms with van der Waals surface area (Å²) in [6, 6.07) is 9.17. The van der Waals surface area contributed by atoms with Crippen LogP contribution in [0.4, 0.5) is 23.2 Å². The van der Waals surface area contributed by atoms with Crippen molar-refractivity contribution in [2.24, 2.45) is 4.36 Å². The number of anilines is 1. The topological polar surface area (TPSA) is 107 Å². The Morgan fingerprint density at radius 3 is 2.29 bits per heavy atom. The van der Waals surface area contributed by atoms with Gasteiger partial charge >= 0.3 is 6.18 Å². The van der Waals surface area contributed by atoms with Crippen LogP contribution in [0.1, 0.15) is 49.3 Å². The zero-order valence-electron chi connectivity index (χ0n) is 25.9. The Hall–Kier alpha value is -3.33. The van der Waals surface area contributed by atoms with E-state index in [1.165, 1.54) is 37.4 Å². The van der Waals surface area contributed by atoms with Crippen molar-refractivity contribution in [3.8, 4) is 11.5 Å². The van der Waals surface area contributed by atoms with E-state index >= 15 is 0 Å². The first-order valence-corrected chi connectivity index (χ1v) is 18.8. The van der Waals surface area contributed by atoms with Gasteiger partial charge in [0.25, 0.3) is 11.8 Å². The number of nitrogens with one attached hydrogen (secondary N) is 1. The van der Waals surface area contributed by atoms with Crippen molar-refractivity contribution in [2.45, 2.75) is 69.9 Å². The maximum absolute atomic E-state index is 13.6. The van der Waals surface area contributed by atoms with Gasteiger partial charge in [-0.2, -0.15) is 21.9 Å². The van der Waals surface area contributed by atoms with Crippen molar-refractivity contribution in [1.29, 1.82) is 0 Å². The third-order valence-electron chi connectivity index (χ3n) is 7.26. The molecule has 0 radical (unpaired) electrons. The minimum absolute atomic E-state index is 0.0256. The third kappa shape index (κ3) is 8.90. The molecule has 0 saturated carbocycles. The van der Waals surface area contributed by atoms with E-state index in [4.69, 9.17) is 20.8 Å². The summed E-state index contributed by atoms with van der Waals surface area (Å²) in [4.78, 5) is 29.9. The van der Waals surface area contributed by atoms with Crippen LogP contribution in [0.5, 0.6) is 11.5 Å². The van der Waals surface area contributed by atoms with E-state index in [2.05, 4.69) is 14.7 Å².